The lowest BCUT2D eigenvalue weighted by Gasteiger charge is -2.32. The third-order valence-electron chi connectivity index (χ3n) is 2.66. The summed E-state index contributed by atoms with van der Waals surface area (Å²) < 4.78 is 5.35. The molecule has 0 aromatic heterocycles. The lowest BCUT2D eigenvalue weighted by molar-refractivity contribution is 0.0706. The summed E-state index contributed by atoms with van der Waals surface area (Å²) in [7, 11) is 6.00. The Morgan fingerprint density at radius 2 is 1.81 bits per heavy atom. The summed E-state index contributed by atoms with van der Waals surface area (Å²) in [6.45, 7) is 4.11. The summed E-state index contributed by atoms with van der Waals surface area (Å²) >= 11 is 0. The fraction of sp³-hybridized carbons (Fsp3) is 0.571. The first-order valence-corrected chi connectivity index (χ1v) is 5.73. The zero-order valence-corrected chi connectivity index (χ0v) is 10.9. The summed E-state index contributed by atoms with van der Waals surface area (Å²) in [5, 5.41) is 0. The molecule has 0 aliphatic carbocycles. The molecule has 0 aliphatic rings. The van der Waals surface area contributed by atoms with E-state index in [1.807, 2.05) is 0 Å². The van der Waals surface area contributed by atoms with Crippen LogP contribution in [0.2, 0.25) is 0 Å². The molecule has 0 aliphatic heterocycles. The van der Waals surface area contributed by atoms with E-state index in [0.29, 0.717) is 0 Å². The van der Waals surface area contributed by atoms with Crippen LogP contribution in [-0.2, 0) is 11.2 Å². The molecule has 0 radical (unpaired) electrons. The minimum absolute atomic E-state index is 0.180. The number of hydrogen-bond donors (Lipinski definition) is 0. The van der Waals surface area contributed by atoms with Crippen molar-refractivity contribution in [1.29, 1.82) is 0 Å². The second kappa shape index (κ2) is 6.02. The van der Waals surface area contributed by atoms with Gasteiger partial charge in [-0.3, -0.25) is 0 Å². The van der Waals surface area contributed by atoms with Gasteiger partial charge in [-0.1, -0.05) is 37.3 Å². The van der Waals surface area contributed by atoms with Gasteiger partial charge >= 0.3 is 0 Å². The predicted octanol–water partition coefficient (Wildman–Crippen LogP) is 2.44. The van der Waals surface area contributed by atoms with Crippen molar-refractivity contribution in [2.75, 3.05) is 34.4 Å². The fourth-order valence-corrected chi connectivity index (χ4v) is 2.35. The van der Waals surface area contributed by atoms with Gasteiger partial charge < -0.3 is 9.64 Å². The molecule has 1 aromatic carbocycles. The Bertz CT molecular complexity index is 297. The topological polar surface area (TPSA) is 12.5 Å². The van der Waals surface area contributed by atoms with E-state index in [-0.39, 0.29) is 5.41 Å². The summed E-state index contributed by atoms with van der Waals surface area (Å²) in [4.78, 5) is 2.22. The predicted molar refractivity (Wildman–Crippen MR) is 68.7 cm³/mol. The van der Waals surface area contributed by atoms with Gasteiger partial charge in [0.25, 0.3) is 0 Å². The van der Waals surface area contributed by atoms with Crippen LogP contribution in [0.5, 0.6) is 0 Å². The van der Waals surface area contributed by atoms with E-state index in [1.54, 1.807) is 7.11 Å². The lowest BCUT2D eigenvalue weighted by Crippen LogP contribution is -2.36. The van der Waals surface area contributed by atoms with Gasteiger partial charge in [0, 0.05) is 19.1 Å². The van der Waals surface area contributed by atoms with E-state index < -0.39 is 0 Å². The standard InChI is InChI=1S/C14H23NO/c1-14(12-16-4,11-15(2)3)10-13-8-6-5-7-9-13/h5-9H,10-12H2,1-4H3. The highest BCUT2D eigenvalue weighted by molar-refractivity contribution is 5.16. The van der Waals surface area contributed by atoms with Crippen LogP contribution in [0.15, 0.2) is 30.3 Å². The maximum atomic E-state index is 5.35. The van der Waals surface area contributed by atoms with Gasteiger partial charge in [0.2, 0.25) is 0 Å². The Kier molecular flexibility index (Phi) is 4.97. The summed E-state index contributed by atoms with van der Waals surface area (Å²) in [6, 6.07) is 10.6. The maximum Gasteiger partial charge on any atom is 0.0531 e. The Balaban J connectivity index is 2.70. The minimum atomic E-state index is 0.180. The summed E-state index contributed by atoms with van der Waals surface area (Å²) in [6.07, 6.45) is 1.06. The Labute approximate surface area is 99.2 Å². The Hall–Kier alpha value is -0.860. The molecule has 1 rings (SSSR count). The highest BCUT2D eigenvalue weighted by atomic mass is 16.5. The zero-order chi connectivity index (χ0) is 12.0. The van der Waals surface area contributed by atoms with Crippen molar-refractivity contribution in [3.8, 4) is 0 Å². The molecule has 0 heterocycles. The second-order valence-corrected chi connectivity index (χ2v) is 5.14. The first-order chi connectivity index (χ1) is 7.56. The van der Waals surface area contributed by atoms with E-state index in [9.17, 15) is 0 Å². The van der Waals surface area contributed by atoms with Gasteiger partial charge in [-0.25, -0.2) is 0 Å². The van der Waals surface area contributed by atoms with Gasteiger partial charge in [0.1, 0.15) is 0 Å². The monoisotopic (exact) mass is 221 g/mol. The van der Waals surface area contributed by atoms with Crippen LogP contribution in [-0.4, -0.2) is 39.3 Å². The first-order valence-electron chi connectivity index (χ1n) is 5.73. The van der Waals surface area contributed by atoms with Crippen LogP contribution in [0, 0.1) is 5.41 Å². The normalized spacial score (nSPS) is 15.1. The van der Waals surface area contributed by atoms with Crippen LogP contribution in [0.1, 0.15) is 12.5 Å². The maximum absolute atomic E-state index is 5.35. The van der Waals surface area contributed by atoms with E-state index >= 15 is 0 Å². The summed E-state index contributed by atoms with van der Waals surface area (Å²) in [5.74, 6) is 0. The molecule has 0 spiro atoms. The quantitative estimate of drug-likeness (QED) is 0.731. The van der Waals surface area contributed by atoms with Gasteiger partial charge in [0.05, 0.1) is 6.61 Å². The number of rotatable bonds is 6. The lowest BCUT2D eigenvalue weighted by atomic mass is 9.84. The fourth-order valence-electron chi connectivity index (χ4n) is 2.35. The van der Waals surface area contributed by atoms with Crippen LogP contribution in [0.4, 0.5) is 0 Å². The molecular weight excluding hydrogens is 198 g/mol. The number of benzene rings is 1. The Morgan fingerprint density at radius 3 is 2.31 bits per heavy atom. The molecule has 1 aromatic rings. The molecule has 1 atom stereocenters. The van der Waals surface area contributed by atoms with Crippen molar-refractivity contribution >= 4 is 0 Å². The number of methoxy groups -OCH3 is 1. The van der Waals surface area contributed by atoms with Gasteiger partial charge in [0.15, 0.2) is 0 Å². The second-order valence-electron chi connectivity index (χ2n) is 5.14. The zero-order valence-electron chi connectivity index (χ0n) is 10.9. The van der Waals surface area contributed by atoms with Crippen molar-refractivity contribution in [2.24, 2.45) is 5.41 Å². The Morgan fingerprint density at radius 1 is 1.19 bits per heavy atom. The van der Waals surface area contributed by atoms with E-state index in [0.717, 1.165) is 19.6 Å². The van der Waals surface area contributed by atoms with Crippen LogP contribution >= 0.6 is 0 Å². The van der Waals surface area contributed by atoms with Gasteiger partial charge in [-0.05, 0) is 26.1 Å². The third kappa shape index (κ3) is 4.33. The van der Waals surface area contributed by atoms with E-state index in [2.05, 4.69) is 56.3 Å². The van der Waals surface area contributed by atoms with Crippen molar-refractivity contribution in [1.82, 2.24) is 4.90 Å². The molecule has 0 bridgehead atoms. The number of nitrogens with zero attached hydrogens (tertiary/aromatic N) is 1. The molecule has 0 fully saturated rings. The smallest absolute Gasteiger partial charge is 0.0531 e. The third-order valence-corrected chi connectivity index (χ3v) is 2.66. The van der Waals surface area contributed by atoms with Crippen molar-refractivity contribution in [2.45, 2.75) is 13.3 Å². The minimum Gasteiger partial charge on any atom is -0.384 e. The molecule has 2 nitrogen and oxygen atoms in total. The molecule has 2 heteroatoms. The molecule has 0 saturated heterocycles. The highest BCUT2D eigenvalue weighted by Gasteiger charge is 2.25. The van der Waals surface area contributed by atoms with Crippen LogP contribution in [0.25, 0.3) is 0 Å². The summed E-state index contributed by atoms with van der Waals surface area (Å²) in [5.41, 5.74) is 1.56. The number of hydrogen-bond acceptors (Lipinski definition) is 2. The van der Waals surface area contributed by atoms with Crippen molar-refractivity contribution in [3.63, 3.8) is 0 Å². The average Bonchev–Trinajstić information content (AvgIpc) is 2.17. The van der Waals surface area contributed by atoms with Crippen molar-refractivity contribution < 1.29 is 4.74 Å². The molecule has 0 N–H and O–H groups in total. The molecule has 0 amide bonds. The van der Waals surface area contributed by atoms with Crippen molar-refractivity contribution in [3.05, 3.63) is 35.9 Å². The van der Waals surface area contributed by atoms with E-state index in [4.69, 9.17) is 4.74 Å². The average molecular weight is 221 g/mol. The first kappa shape index (κ1) is 13.2. The van der Waals surface area contributed by atoms with Gasteiger partial charge in [-0.15, -0.1) is 0 Å². The molecular formula is C14H23NO. The molecule has 1 unspecified atom stereocenters. The number of ether oxygens (including phenoxy) is 1. The highest BCUT2D eigenvalue weighted by Crippen LogP contribution is 2.23. The van der Waals surface area contributed by atoms with Gasteiger partial charge in [-0.2, -0.15) is 0 Å². The van der Waals surface area contributed by atoms with Crippen LogP contribution in [0.3, 0.4) is 0 Å². The van der Waals surface area contributed by atoms with E-state index in [1.165, 1.54) is 5.56 Å². The largest absolute Gasteiger partial charge is 0.384 e. The molecule has 0 saturated carbocycles. The van der Waals surface area contributed by atoms with Crippen LogP contribution < -0.4 is 0 Å². The SMILES string of the molecule is COCC(C)(Cc1ccccc1)CN(C)C. The molecule has 16 heavy (non-hydrogen) atoms. The molecule has 90 valence electrons.